The van der Waals surface area contributed by atoms with Crippen molar-refractivity contribution in [1.29, 1.82) is 0 Å². The molecule has 0 aliphatic rings. The van der Waals surface area contributed by atoms with Crippen molar-refractivity contribution in [1.82, 2.24) is 9.88 Å². The maximum absolute atomic E-state index is 12.5. The van der Waals surface area contributed by atoms with E-state index >= 15 is 0 Å². The van der Waals surface area contributed by atoms with Crippen LogP contribution < -0.4 is 0 Å². The molecule has 0 saturated carbocycles. The molecule has 2 rings (SSSR count). The minimum absolute atomic E-state index is 0.187. The number of benzene rings is 1. The summed E-state index contributed by atoms with van der Waals surface area (Å²) in [7, 11) is 0. The molecule has 0 saturated heterocycles. The van der Waals surface area contributed by atoms with Gasteiger partial charge in [0, 0.05) is 31.5 Å². The van der Waals surface area contributed by atoms with E-state index in [0.717, 1.165) is 42.9 Å². The van der Waals surface area contributed by atoms with Gasteiger partial charge in [-0.2, -0.15) is 0 Å². The molecule has 4 nitrogen and oxygen atoms in total. The first-order valence-corrected chi connectivity index (χ1v) is 9.38. The summed E-state index contributed by atoms with van der Waals surface area (Å²) in [5, 5.41) is 0. The molecule has 0 N–H and O–H groups in total. The van der Waals surface area contributed by atoms with Crippen molar-refractivity contribution in [3.8, 4) is 11.3 Å². The molecule has 1 amide bonds. The summed E-state index contributed by atoms with van der Waals surface area (Å²) < 4.78 is 5.91. The van der Waals surface area contributed by atoms with Crippen LogP contribution in [0.5, 0.6) is 0 Å². The van der Waals surface area contributed by atoms with Gasteiger partial charge in [-0.05, 0) is 19.8 Å². The zero-order chi connectivity index (χ0) is 18.2. The van der Waals surface area contributed by atoms with Gasteiger partial charge in [-0.15, -0.1) is 0 Å². The largest absolute Gasteiger partial charge is 0.440 e. The van der Waals surface area contributed by atoms with E-state index < -0.39 is 0 Å². The highest BCUT2D eigenvalue weighted by molar-refractivity contribution is 5.76. The lowest BCUT2D eigenvalue weighted by Crippen LogP contribution is -2.35. The molecular weight excluding hydrogens is 312 g/mol. The Morgan fingerprint density at radius 3 is 2.44 bits per heavy atom. The minimum Gasteiger partial charge on any atom is -0.440 e. The highest BCUT2D eigenvalue weighted by atomic mass is 16.4. The van der Waals surface area contributed by atoms with Gasteiger partial charge in [-0.3, -0.25) is 4.79 Å². The van der Waals surface area contributed by atoms with E-state index in [1.165, 1.54) is 0 Å². The summed E-state index contributed by atoms with van der Waals surface area (Å²) in [6, 6.07) is 9.97. The summed E-state index contributed by atoms with van der Waals surface area (Å²) in [5.74, 6) is 2.21. The molecule has 136 valence electrons. The number of rotatable bonds is 9. The van der Waals surface area contributed by atoms with E-state index in [0.29, 0.717) is 24.7 Å². The number of carbonyl (C=O) groups is 1. The van der Waals surface area contributed by atoms with Crippen LogP contribution in [0, 0.1) is 12.8 Å². The Bertz CT molecular complexity index is 660. The molecule has 0 aliphatic carbocycles. The third kappa shape index (κ3) is 5.18. The van der Waals surface area contributed by atoms with Gasteiger partial charge in [0.15, 0.2) is 11.7 Å². The molecule has 0 aliphatic heterocycles. The predicted molar refractivity (Wildman–Crippen MR) is 101 cm³/mol. The van der Waals surface area contributed by atoms with Crippen molar-refractivity contribution < 1.29 is 9.21 Å². The molecule has 1 aromatic heterocycles. The van der Waals surface area contributed by atoms with Crippen molar-refractivity contribution >= 4 is 5.91 Å². The molecule has 0 radical (unpaired) electrons. The Labute approximate surface area is 151 Å². The zero-order valence-corrected chi connectivity index (χ0v) is 15.9. The zero-order valence-electron chi connectivity index (χ0n) is 15.9. The maximum Gasteiger partial charge on any atom is 0.223 e. The topological polar surface area (TPSA) is 46.3 Å². The van der Waals surface area contributed by atoms with Crippen LogP contribution >= 0.6 is 0 Å². The van der Waals surface area contributed by atoms with Crippen LogP contribution in [0.2, 0.25) is 0 Å². The normalized spacial score (nSPS) is 11.1. The number of hydrogen-bond acceptors (Lipinski definition) is 3. The lowest BCUT2D eigenvalue weighted by molar-refractivity contribution is -0.131. The Kier molecular flexibility index (Phi) is 7.23. The summed E-state index contributed by atoms with van der Waals surface area (Å²) in [6.45, 7) is 9.98. The first-order valence-electron chi connectivity index (χ1n) is 9.38. The molecule has 0 fully saturated rings. The number of amides is 1. The monoisotopic (exact) mass is 342 g/mol. The number of nitrogens with zero attached hydrogens (tertiary/aromatic N) is 2. The molecule has 0 bridgehead atoms. The average molecular weight is 342 g/mol. The molecule has 0 spiro atoms. The number of aryl methyl sites for hydroxylation is 2. The third-order valence-electron chi connectivity index (χ3n) is 4.80. The van der Waals surface area contributed by atoms with Crippen LogP contribution in [0.15, 0.2) is 34.7 Å². The standard InChI is InChI=1S/C21H30N2O2/c1-5-17(6-2)15-23(7-3)20(24)14-13-19-22-16(4)21(25-19)18-11-9-8-10-12-18/h8-12,17H,5-7,13-15H2,1-4H3. The third-order valence-corrected chi connectivity index (χ3v) is 4.80. The number of hydrogen-bond donors (Lipinski definition) is 0. The summed E-state index contributed by atoms with van der Waals surface area (Å²) in [4.78, 5) is 19.0. The lowest BCUT2D eigenvalue weighted by atomic mass is 10.0. The van der Waals surface area contributed by atoms with Crippen molar-refractivity contribution in [3.05, 3.63) is 41.9 Å². The van der Waals surface area contributed by atoms with Crippen LogP contribution in [0.1, 0.15) is 51.6 Å². The van der Waals surface area contributed by atoms with Gasteiger partial charge in [-0.1, -0.05) is 57.0 Å². The van der Waals surface area contributed by atoms with E-state index in [1.807, 2.05) is 49.1 Å². The van der Waals surface area contributed by atoms with Crippen LogP contribution in [0.4, 0.5) is 0 Å². The van der Waals surface area contributed by atoms with Crippen LogP contribution in [-0.4, -0.2) is 28.9 Å². The summed E-state index contributed by atoms with van der Waals surface area (Å²) >= 11 is 0. The quantitative estimate of drug-likeness (QED) is 0.653. The van der Waals surface area contributed by atoms with Crippen molar-refractivity contribution in [2.24, 2.45) is 5.92 Å². The van der Waals surface area contributed by atoms with Gasteiger partial charge >= 0.3 is 0 Å². The van der Waals surface area contributed by atoms with E-state index in [-0.39, 0.29) is 5.91 Å². The van der Waals surface area contributed by atoms with E-state index in [1.54, 1.807) is 0 Å². The fourth-order valence-electron chi connectivity index (χ4n) is 3.05. The van der Waals surface area contributed by atoms with Gasteiger partial charge in [0.05, 0.1) is 5.69 Å². The van der Waals surface area contributed by atoms with Gasteiger partial charge in [0.1, 0.15) is 0 Å². The molecule has 0 atom stereocenters. The molecule has 2 aromatic rings. The van der Waals surface area contributed by atoms with E-state index in [9.17, 15) is 4.79 Å². The second-order valence-corrected chi connectivity index (χ2v) is 6.50. The molecule has 4 heteroatoms. The number of oxazole rings is 1. The predicted octanol–water partition coefficient (Wildman–Crippen LogP) is 4.87. The highest BCUT2D eigenvalue weighted by Crippen LogP contribution is 2.24. The molecular formula is C21H30N2O2. The fourth-order valence-corrected chi connectivity index (χ4v) is 3.05. The van der Waals surface area contributed by atoms with Crippen molar-refractivity contribution in [2.75, 3.05) is 13.1 Å². The molecule has 1 aromatic carbocycles. The smallest absolute Gasteiger partial charge is 0.223 e. The molecule has 0 unspecified atom stereocenters. The number of aromatic nitrogens is 1. The van der Waals surface area contributed by atoms with Crippen molar-refractivity contribution in [2.45, 2.75) is 53.4 Å². The minimum atomic E-state index is 0.187. The Morgan fingerprint density at radius 1 is 1.16 bits per heavy atom. The lowest BCUT2D eigenvalue weighted by Gasteiger charge is -2.25. The van der Waals surface area contributed by atoms with E-state index in [4.69, 9.17) is 4.42 Å². The molecule has 25 heavy (non-hydrogen) atoms. The Morgan fingerprint density at radius 2 is 1.84 bits per heavy atom. The van der Waals surface area contributed by atoms with Crippen molar-refractivity contribution in [3.63, 3.8) is 0 Å². The van der Waals surface area contributed by atoms with Crippen LogP contribution in [0.25, 0.3) is 11.3 Å². The average Bonchev–Trinajstić information content (AvgIpc) is 3.02. The van der Waals surface area contributed by atoms with E-state index in [2.05, 4.69) is 18.8 Å². The Hall–Kier alpha value is -2.10. The van der Waals surface area contributed by atoms with Crippen LogP contribution in [-0.2, 0) is 11.2 Å². The first kappa shape index (κ1) is 19.2. The number of carbonyl (C=O) groups excluding carboxylic acids is 1. The summed E-state index contributed by atoms with van der Waals surface area (Å²) in [6.07, 6.45) is 3.22. The summed E-state index contributed by atoms with van der Waals surface area (Å²) in [5.41, 5.74) is 1.90. The van der Waals surface area contributed by atoms with Gasteiger partial charge < -0.3 is 9.32 Å². The fraction of sp³-hybridized carbons (Fsp3) is 0.524. The Balaban J connectivity index is 1.97. The highest BCUT2D eigenvalue weighted by Gasteiger charge is 2.18. The first-order chi connectivity index (χ1) is 12.1. The second-order valence-electron chi connectivity index (χ2n) is 6.50. The van der Waals surface area contributed by atoms with Crippen LogP contribution in [0.3, 0.4) is 0 Å². The second kappa shape index (κ2) is 9.40. The van der Waals surface area contributed by atoms with Gasteiger partial charge in [0.25, 0.3) is 0 Å². The SMILES string of the molecule is CCC(CC)CN(CC)C(=O)CCc1nc(C)c(-c2ccccc2)o1. The molecule has 1 heterocycles. The maximum atomic E-state index is 12.5. The van der Waals surface area contributed by atoms with Gasteiger partial charge in [0.2, 0.25) is 5.91 Å². The van der Waals surface area contributed by atoms with Gasteiger partial charge in [-0.25, -0.2) is 4.98 Å².